The van der Waals surface area contributed by atoms with Gasteiger partial charge in [0.2, 0.25) is 0 Å². The highest BCUT2D eigenvalue weighted by Gasteiger charge is 2.56. The van der Waals surface area contributed by atoms with Crippen LogP contribution in [0.15, 0.2) is 54.4 Å². The number of rotatable bonds is 7. The molecule has 0 N–H and O–H groups in total. The van der Waals surface area contributed by atoms with Crippen LogP contribution >= 0.6 is 0 Å². The van der Waals surface area contributed by atoms with E-state index in [-0.39, 0.29) is 23.7 Å². The fourth-order valence-corrected chi connectivity index (χ4v) is 6.66. The topological polar surface area (TPSA) is 78.7 Å². The van der Waals surface area contributed by atoms with Gasteiger partial charge in [-0.05, 0) is 56.6 Å². The number of benzene rings is 2. The van der Waals surface area contributed by atoms with Crippen LogP contribution in [0.4, 0.5) is 0 Å². The molecule has 2 bridgehead atoms. The molecule has 1 saturated heterocycles. The highest BCUT2D eigenvalue weighted by atomic mass is 16.5. The normalized spacial score (nSPS) is 24.3. The summed E-state index contributed by atoms with van der Waals surface area (Å²) in [6.45, 7) is 3.91. The standard InChI is InChI=1S/C30H34N4O4/c1-19-5-7-20(8-6-19)16-34-17-22(31-32-34)18-38-29-26(36-3)10-9-21-13-24-23-14-27(37-4)25(35)15-30(23,28(21)29)11-12-33(24)2/h5-10,14,17,23-24H,11-13,15-16,18H2,1-4H3/t23-,24+,30-/m1/s1. The van der Waals surface area contributed by atoms with Crippen LogP contribution in [0.25, 0.3) is 0 Å². The summed E-state index contributed by atoms with van der Waals surface area (Å²) >= 11 is 0. The number of aryl methyl sites for hydroxylation is 1. The Hall–Kier alpha value is -3.65. The molecule has 2 aromatic carbocycles. The summed E-state index contributed by atoms with van der Waals surface area (Å²) in [5.74, 6) is 2.08. The van der Waals surface area contributed by atoms with Crippen LogP contribution in [0.3, 0.4) is 0 Å². The van der Waals surface area contributed by atoms with Crippen LogP contribution < -0.4 is 9.47 Å². The van der Waals surface area contributed by atoms with Gasteiger partial charge in [0.25, 0.3) is 0 Å². The number of ether oxygens (including phenoxy) is 3. The molecule has 1 aliphatic heterocycles. The minimum absolute atomic E-state index is 0.0488. The van der Waals surface area contributed by atoms with Gasteiger partial charge in [-0.15, -0.1) is 5.10 Å². The maximum Gasteiger partial charge on any atom is 0.197 e. The molecule has 3 atom stereocenters. The van der Waals surface area contributed by atoms with E-state index in [2.05, 4.69) is 65.6 Å². The van der Waals surface area contributed by atoms with Crippen LogP contribution in [-0.2, 0) is 34.5 Å². The lowest BCUT2D eigenvalue weighted by molar-refractivity contribution is -0.122. The smallest absolute Gasteiger partial charge is 0.197 e. The molecule has 6 rings (SSSR count). The number of piperidine rings is 1. The average Bonchev–Trinajstić information content (AvgIpc) is 3.37. The Morgan fingerprint density at radius 3 is 2.68 bits per heavy atom. The second-order valence-electron chi connectivity index (χ2n) is 10.8. The molecule has 0 amide bonds. The van der Waals surface area contributed by atoms with E-state index in [0.29, 0.717) is 36.3 Å². The van der Waals surface area contributed by atoms with Gasteiger partial charge in [-0.3, -0.25) is 4.79 Å². The molecule has 0 spiro atoms. The predicted octanol–water partition coefficient (Wildman–Crippen LogP) is 3.84. The Labute approximate surface area is 223 Å². The van der Waals surface area contributed by atoms with Gasteiger partial charge >= 0.3 is 0 Å². The molecule has 1 fully saturated rings. The number of methoxy groups -OCH3 is 2. The Kier molecular flexibility index (Phi) is 6.22. The Morgan fingerprint density at radius 1 is 1.11 bits per heavy atom. The summed E-state index contributed by atoms with van der Waals surface area (Å²) in [6.07, 6.45) is 6.15. The zero-order valence-corrected chi connectivity index (χ0v) is 22.4. The van der Waals surface area contributed by atoms with Gasteiger partial charge in [0.15, 0.2) is 23.0 Å². The number of carbonyl (C=O) groups is 1. The summed E-state index contributed by atoms with van der Waals surface area (Å²) in [4.78, 5) is 15.6. The van der Waals surface area contributed by atoms with Crippen molar-refractivity contribution in [3.05, 3.63) is 82.4 Å². The molecular weight excluding hydrogens is 480 g/mol. The second-order valence-corrected chi connectivity index (χ2v) is 10.8. The first-order valence-corrected chi connectivity index (χ1v) is 13.2. The van der Waals surface area contributed by atoms with Crippen molar-refractivity contribution in [2.45, 2.75) is 50.8 Å². The van der Waals surface area contributed by atoms with E-state index in [0.717, 1.165) is 30.6 Å². The van der Waals surface area contributed by atoms with Crippen molar-refractivity contribution in [1.29, 1.82) is 0 Å². The van der Waals surface area contributed by atoms with Gasteiger partial charge in [-0.1, -0.05) is 41.1 Å². The van der Waals surface area contributed by atoms with E-state index in [1.54, 1.807) is 14.2 Å². The Balaban J connectivity index is 1.33. The third kappa shape index (κ3) is 4.07. The third-order valence-corrected chi connectivity index (χ3v) is 8.60. The predicted molar refractivity (Wildman–Crippen MR) is 142 cm³/mol. The number of nitrogens with zero attached hydrogens (tertiary/aromatic N) is 4. The maximum atomic E-state index is 13.2. The van der Waals surface area contributed by atoms with Crippen molar-refractivity contribution in [3.8, 4) is 11.5 Å². The molecule has 0 radical (unpaired) electrons. The van der Waals surface area contributed by atoms with Crippen molar-refractivity contribution < 1.29 is 19.0 Å². The van der Waals surface area contributed by atoms with Gasteiger partial charge in [-0.2, -0.15) is 0 Å². The molecule has 3 aliphatic rings. The summed E-state index contributed by atoms with van der Waals surface area (Å²) in [5.41, 5.74) is 5.12. The number of likely N-dealkylation sites (N-methyl/N-ethyl adjacent to an activating group) is 1. The first-order chi connectivity index (χ1) is 18.4. The number of allylic oxidation sites excluding steroid dienone is 1. The number of carbonyl (C=O) groups excluding carboxylic acids is 1. The number of aromatic nitrogens is 3. The highest BCUT2D eigenvalue weighted by Crippen LogP contribution is 2.58. The second kappa shape index (κ2) is 9.58. The molecule has 3 aromatic rings. The SMILES string of the molecule is COC1=C[C@@H]2[C@@H]3Cc4ccc(OC)c(OCc5cn(Cc6ccc(C)cc6)nn5)c4[C@]2(CCN3C)CC1=O. The zero-order chi connectivity index (χ0) is 26.4. The fraction of sp³-hybridized carbons (Fsp3) is 0.433. The van der Waals surface area contributed by atoms with Crippen molar-refractivity contribution >= 4 is 5.78 Å². The average molecular weight is 515 g/mol. The number of fused-ring (bicyclic) bond motifs is 1. The molecule has 8 heteroatoms. The quantitative estimate of drug-likeness (QED) is 0.474. The minimum atomic E-state index is -0.350. The van der Waals surface area contributed by atoms with Gasteiger partial charge < -0.3 is 19.1 Å². The molecule has 198 valence electrons. The van der Waals surface area contributed by atoms with Gasteiger partial charge in [0.1, 0.15) is 12.3 Å². The van der Waals surface area contributed by atoms with E-state index in [4.69, 9.17) is 14.2 Å². The van der Waals surface area contributed by atoms with Crippen molar-refractivity contribution in [2.24, 2.45) is 5.92 Å². The van der Waals surface area contributed by atoms with Crippen molar-refractivity contribution in [1.82, 2.24) is 19.9 Å². The molecule has 38 heavy (non-hydrogen) atoms. The summed E-state index contributed by atoms with van der Waals surface area (Å²) in [6, 6.07) is 12.8. The lowest BCUT2D eigenvalue weighted by atomic mass is 9.53. The van der Waals surface area contributed by atoms with Crippen LogP contribution in [-0.4, -0.2) is 59.5 Å². The number of likely N-dealkylation sites (tertiary alicyclic amines) is 1. The van der Waals surface area contributed by atoms with Gasteiger partial charge in [-0.25, -0.2) is 4.68 Å². The van der Waals surface area contributed by atoms with E-state index in [1.807, 2.05) is 16.9 Å². The van der Waals surface area contributed by atoms with Crippen LogP contribution in [0.1, 0.15) is 40.8 Å². The minimum Gasteiger partial charge on any atom is -0.493 e. The van der Waals surface area contributed by atoms with Crippen LogP contribution in [0.5, 0.6) is 11.5 Å². The molecule has 2 aliphatic carbocycles. The van der Waals surface area contributed by atoms with Crippen molar-refractivity contribution in [2.75, 3.05) is 27.8 Å². The van der Waals surface area contributed by atoms with Gasteiger partial charge in [0.05, 0.1) is 27.0 Å². The molecular formula is C30H34N4O4. The number of Topliss-reactive ketones (excluding diaryl/α,β-unsaturated/α-hetero) is 1. The van der Waals surface area contributed by atoms with E-state index in [9.17, 15) is 4.79 Å². The maximum absolute atomic E-state index is 13.2. The molecule has 1 aromatic heterocycles. The van der Waals surface area contributed by atoms with Gasteiger partial charge in [0, 0.05) is 29.4 Å². The summed E-state index contributed by atoms with van der Waals surface area (Å²) in [5, 5.41) is 8.67. The van der Waals surface area contributed by atoms with Crippen LogP contribution in [0, 0.1) is 12.8 Å². The third-order valence-electron chi connectivity index (χ3n) is 8.60. The Bertz CT molecular complexity index is 1400. The number of hydrogen-bond acceptors (Lipinski definition) is 7. The lowest BCUT2D eigenvalue weighted by Gasteiger charge is -2.56. The van der Waals surface area contributed by atoms with E-state index < -0.39 is 0 Å². The summed E-state index contributed by atoms with van der Waals surface area (Å²) < 4.78 is 19.6. The largest absolute Gasteiger partial charge is 0.493 e. The first kappa shape index (κ1) is 24.7. The van der Waals surface area contributed by atoms with Crippen molar-refractivity contribution in [3.63, 3.8) is 0 Å². The monoisotopic (exact) mass is 514 g/mol. The molecule has 2 heterocycles. The lowest BCUT2D eigenvalue weighted by Crippen LogP contribution is -2.60. The summed E-state index contributed by atoms with van der Waals surface area (Å²) in [7, 11) is 5.43. The number of hydrogen-bond donors (Lipinski definition) is 0. The molecule has 0 unspecified atom stereocenters. The fourth-order valence-electron chi connectivity index (χ4n) is 6.66. The van der Waals surface area contributed by atoms with E-state index in [1.165, 1.54) is 16.7 Å². The highest BCUT2D eigenvalue weighted by molar-refractivity contribution is 5.96. The Morgan fingerprint density at radius 2 is 1.92 bits per heavy atom. The number of ketones is 1. The molecule has 8 nitrogen and oxygen atoms in total. The first-order valence-electron chi connectivity index (χ1n) is 13.2. The van der Waals surface area contributed by atoms with E-state index >= 15 is 0 Å². The molecule has 0 saturated carbocycles. The van der Waals surface area contributed by atoms with Crippen LogP contribution in [0.2, 0.25) is 0 Å². The zero-order valence-electron chi connectivity index (χ0n) is 22.4.